The summed E-state index contributed by atoms with van der Waals surface area (Å²) in [5.74, 6) is 2.93. The highest BCUT2D eigenvalue weighted by Gasteiger charge is 2.15. The van der Waals surface area contributed by atoms with Crippen LogP contribution in [0, 0.1) is 0 Å². The summed E-state index contributed by atoms with van der Waals surface area (Å²) in [4.78, 5) is 6.98. The molecule has 0 aliphatic heterocycles. The molecule has 0 spiro atoms. The molecular formula is C22H38IN3O3. The van der Waals surface area contributed by atoms with Crippen LogP contribution >= 0.6 is 24.0 Å². The van der Waals surface area contributed by atoms with E-state index in [1.807, 2.05) is 18.2 Å². The molecular weight excluding hydrogens is 481 g/mol. The van der Waals surface area contributed by atoms with Crippen LogP contribution in [0.1, 0.15) is 38.2 Å². The molecule has 0 unspecified atom stereocenters. The van der Waals surface area contributed by atoms with Gasteiger partial charge in [0, 0.05) is 32.2 Å². The van der Waals surface area contributed by atoms with Crippen LogP contribution < -0.4 is 19.5 Å². The molecule has 0 heterocycles. The Kier molecular flexibility index (Phi) is 15.3. The van der Waals surface area contributed by atoms with E-state index in [9.17, 15) is 0 Å². The Bertz CT molecular complexity index is 624. The number of unbranched alkanes of at least 4 members (excludes halogenated alkanes) is 3. The predicted molar refractivity (Wildman–Crippen MR) is 132 cm³/mol. The molecule has 0 aliphatic rings. The third kappa shape index (κ3) is 9.14. The van der Waals surface area contributed by atoms with Crippen LogP contribution in [0.4, 0.5) is 0 Å². The van der Waals surface area contributed by atoms with Crippen LogP contribution in [-0.2, 0) is 6.42 Å². The number of hydrogen-bond acceptors (Lipinski definition) is 4. The molecule has 0 saturated carbocycles. The van der Waals surface area contributed by atoms with E-state index >= 15 is 0 Å². The summed E-state index contributed by atoms with van der Waals surface area (Å²) in [6, 6.07) is 3.91. The highest BCUT2D eigenvalue weighted by molar-refractivity contribution is 14.0. The van der Waals surface area contributed by atoms with Crippen molar-refractivity contribution in [3.63, 3.8) is 0 Å². The number of guanidine groups is 1. The maximum Gasteiger partial charge on any atom is 0.203 e. The topological polar surface area (TPSA) is 55.3 Å². The van der Waals surface area contributed by atoms with Gasteiger partial charge < -0.3 is 24.4 Å². The largest absolute Gasteiger partial charge is 0.493 e. The highest BCUT2D eigenvalue weighted by Crippen LogP contribution is 2.39. The summed E-state index contributed by atoms with van der Waals surface area (Å²) in [6.07, 6.45) is 7.38. The van der Waals surface area contributed by atoms with Crippen molar-refractivity contribution < 1.29 is 14.2 Å². The number of methoxy groups -OCH3 is 3. The molecule has 1 N–H and O–H groups in total. The lowest BCUT2D eigenvalue weighted by atomic mass is 10.1. The molecule has 0 saturated heterocycles. The second-order valence-electron chi connectivity index (χ2n) is 6.54. The quantitative estimate of drug-likeness (QED) is 0.137. The van der Waals surface area contributed by atoms with E-state index in [0.717, 1.165) is 43.9 Å². The zero-order valence-corrected chi connectivity index (χ0v) is 21.0. The predicted octanol–water partition coefficient (Wildman–Crippen LogP) is 4.52. The average Bonchev–Trinajstić information content (AvgIpc) is 2.72. The molecule has 7 heteroatoms. The Morgan fingerprint density at radius 2 is 1.83 bits per heavy atom. The lowest BCUT2D eigenvalue weighted by Crippen LogP contribution is -2.39. The van der Waals surface area contributed by atoms with E-state index in [1.165, 1.54) is 12.8 Å². The fourth-order valence-corrected chi connectivity index (χ4v) is 3.03. The van der Waals surface area contributed by atoms with Crippen molar-refractivity contribution in [3.8, 4) is 17.2 Å². The Morgan fingerprint density at radius 3 is 2.41 bits per heavy atom. The van der Waals surface area contributed by atoms with E-state index in [4.69, 9.17) is 19.2 Å². The number of hydrogen-bond donors (Lipinski definition) is 1. The monoisotopic (exact) mass is 519 g/mol. The van der Waals surface area contributed by atoms with Crippen LogP contribution in [0.5, 0.6) is 17.2 Å². The zero-order valence-electron chi connectivity index (χ0n) is 18.6. The van der Waals surface area contributed by atoms with Gasteiger partial charge in [0.05, 0.1) is 21.3 Å². The summed E-state index contributed by atoms with van der Waals surface area (Å²) < 4.78 is 16.4. The maximum absolute atomic E-state index is 5.56. The standard InChI is InChI=1S/C22H37N3O3.HI/c1-7-9-10-11-12-17-25(3)22(23-8-2)24-16-15-18-13-14-19(26-4)21(28-6)20(18)27-5;/h7,13-14H,1,8-12,15-17H2,2-6H3,(H,23,24);1H. The lowest BCUT2D eigenvalue weighted by Gasteiger charge is -2.22. The molecule has 0 aromatic heterocycles. The van der Waals surface area contributed by atoms with Crippen LogP contribution in [0.2, 0.25) is 0 Å². The van der Waals surface area contributed by atoms with Crippen molar-refractivity contribution in [2.75, 3.05) is 48.0 Å². The molecule has 0 radical (unpaired) electrons. The number of rotatable bonds is 13. The molecule has 1 rings (SSSR count). The van der Waals surface area contributed by atoms with Gasteiger partial charge in [0.2, 0.25) is 5.75 Å². The normalized spacial score (nSPS) is 10.7. The smallest absolute Gasteiger partial charge is 0.203 e. The number of nitrogens with zero attached hydrogens (tertiary/aromatic N) is 2. The van der Waals surface area contributed by atoms with Crippen LogP contribution in [0.25, 0.3) is 0 Å². The number of benzene rings is 1. The minimum atomic E-state index is 0. The van der Waals surface area contributed by atoms with Gasteiger partial charge in [-0.1, -0.05) is 18.6 Å². The third-order valence-electron chi connectivity index (χ3n) is 4.53. The van der Waals surface area contributed by atoms with Crippen LogP contribution in [0.3, 0.4) is 0 Å². The number of halogens is 1. The van der Waals surface area contributed by atoms with Gasteiger partial charge in [0.25, 0.3) is 0 Å². The Labute approximate surface area is 193 Å². The van der Waals surface area contributed by atoms with Gasteiger partial charge in [-0.2, -0.15) is 0 Å². The molecule has 0 bridgehead atoms. The molecule has 0 amide bonds. The van der Waals surface area contributed by atoms with Gasteiger partial charge in [-0.25, -0.2) is 0 Å². The van der Waals surface area contributed by atoms with E-state index in [2.05, 4.69) is 30.8 Å². The van der Waals surface area contributed by atoms with E-state index in [-0.39, 0.29) is 24.0 Å². The fraction of sp³-hybridized carbons (Fsp3) is 0.591. The Morgan fingerprint density at radius 1 is 1.10 bits per heavy atom. The summed E-state index contributed by atoms with van der Waals surface area (Å²) in [5.41, 5.74) is 1.05. The summed E-state index contributed by atoms with van der Waals surface area (Å²) >= 11 is 0. The first-order chi connectivity index (χ1) is 13.6. The minimum Gasteiger partial charge on any atom is -0.493 e. The van der Waals surface area contributed by atoms with Crippen molar-refractivity contribution in [1.29, 1.82) is 0 Å². The second-order valence-corrected chi connectivity index (χ2v) is 6.54. The molecule has 29 heavy (non-hydrogen) atoms. The van der Waals surface area contributed by atoms with Crippen molar-refractivity contribution in [2.24, 2.45) is 4.99 Å². The van der Waals surface area contributed by atoms with E-state index in [1.54, 1.807) is 21.3 Å². The first-order valence-corrected chi connectivity index (χ1v) is 10.0. The molecule has 0 aliphatic carbocycles. The fourth-order valence-electron chi connectivity index (χ4n) is 3.03. The summed E-state index contributed by atoms with van der Waals surface area (Å²) in [6.45, 7) is 8.36. The van der Waals surface area contributed by atoms with Crippen LogP contribution in [0.15, 0.2) is 29.8 Å². The first-order valence-electron chi connectivity index (χ1n) is 10.0. The van der Waals surface area contributed by atoms with Crippen molar-refractivity contribution in [1.82, 2.24) is 10.2 Å². The summed E-state index contributed by atoms with van der Waals surface area (Å²) in [5, 5.41) is 3.37. The number of aliphatic imine (C=N–C) groups is 1. The van der Waals surface area contributed by atoms with E-state index in [0.29, 0.717) is 23.8 Å². The van der Waals surface area contributed by atoms with Gasteiger partial charge >= 0.3 is 0 Å². The Hall–Kier alpha value is -1.64. The zero-order chi connectivity index (χ0) is 20.8. The number of nitrogens with one attached hydrogen (secondary N) is 1. The lowest BCUT2D eigenvalue weighted by molar-refractivity contribution is 0.322. The van der Waals surface area contributed by atoms with Gasteiger partial charge in [0.1, 0.15) is 0 Å². The molecule has 0 fully saturated rings. The first kappa shape index (κ1) is 27.4. The average molecular weight is 519 g/mol. The summed E-state index contributed by atoms with van der Waals surface area (Å²) in [7, 11) is 6.98. The van der Waals surface area contributed by atoms with Gasteiger partial charge in [-0.15, -0.1) is 30.6 Å². The number of allylic oxidation sites excluding steroid dienone is 1. The van der Waals surface area contributed by atoms with E-state index < -0.39 is 0 Å². The van der Waals surface area contributed by atoms with Gasteiger partial charge in [0.15, 0.2) is 17.5 Å². The van der Waals surface area contributed by atoms with Crippen molar-refractivity contribution >= 4 is 29.9 Å². The molecule has 1 aromatic carbocycles. The SMILES string of the molecule is C=CCCCCCN(C)C(=NCCc1ccc(OC)c(OC)c1OC)NCC.I. The third-order valence-corrected chi connectivity index (χ3v) is 4.53. The van der Waals surface area contributed by atoms with Crippen molar-refractivity contribution in [2.45, 2.75) is 39.0 Å². The van der Waals surface area contributed by atoms with Crippen LogP contribution in [-0.4, -0.2) is 58.9 Å². The van der Waals surface area contributed by atoms with Crippen molar-refractivity contribution in [3.05, 3.63) is 30.4 Å². The highest BCUT2D eigenvalue weighted by atomic mass is 127. The number of ether oxygens (including phenoxy) is 3. The molecule has 166 valence electrons. The molecule has 6 nitrogen and oxygen atoms in total. The maximum atomic E-state index is 5.56. The Balaban J connectivity index is 0.00000784. The van der Waals surface area contributed by atoms with Gasteiger partial charge in [-0.3, -0.25) is 4.99 Å². The molecule has 0 atom stereocenters. The minimum absolute atomic E-state index is 0. The second kappa shape index (κ2) is 16.2. The molecule has 1 aromatic rings. The van der Waals surface area contributed by atoms with Gasteiger partial charge in [-0.05, 0) is 38.7 Å².